The predicted octanol–water partition coefficient (Wildman–Crippen LogP) is 3.67. The van der Waals surface area contributed by atoms with Gasteiger partial charge in [-0.05, 0) is 43.6 Å². The zero-order chi connectivity index (χ0) is 18.5. The molecule has 27 heavy (non-hydrogen) atoms. The first-order valence-corrected chi connectivity index (χ1v) is 11.0. The number of aliphatic hydroxyl groups excluding tert-OH is 1. The number of hydrogen-bond acceptors (Lipinski definition) is 5. The molecule has 146 valence electrons. The Labute approximate surface area is 166 Å². The van der Waals surface area contributed by atoms with Gasteiger partial charge in [0.05, 0.1) is 19.3 Å². The van der Waals surface area contributed by atoms with Crippen LogP contribution in [0.1, 0.15) is 40.6 Å². The third kappa shape index (κ3) is 4.79. The molecule has 3 heterocycles. The summed E-state index contributed by atoms with van der Waals surface area (Å²) >= 11 is 1.94. The Hall–Kier alpha value is -1.24. The maximum Gasteiger partial charge on any atom is 0.100 e. The van der Waals surface area contributed by atoms with Gasteiger partial charge in [0, 0.05) is 29.4 Å². The average molecular weight is 387 g/mol. The standard InChI is InChI=1S/C22H30N2O2S/c25-17-21-22(18-7-3-1-4-8-18)24(13-14-26-21)16-20-10-9-19(27-20)15-23-11-5-2-6-12-23/h1,3-4,7-10,21-22,25H,2,5-6,11-17H2/t21-,22-/m1/s1. The molecule has 2 aliphatic rings. The molecule has 0 aliphatic carbocycles. The third-order valence-electron chi connectivity index (χ3n) is 5.68. The first kappa shape index (κ1) is 19.1. The monoisotopic (exact) mass is 386 g/mol. The van der Waals surface area contributed by atoms with Crippen molar-refractivity contribution in [3.8, 4) is 0 Å². The number of rotatable bonds is 6. The highest BCUT2D eigenvalue weighted by molar-refractivity contribution is 7.11. The Morgan fingerprint density at radius 1 is 0.926 bits per heavy atom. The summed E-state index contributed by atoms with van der Waals surface area (Å²) < 4.78 is 5.87. The molecule has 0 bridgehead atoms. The van der Waals surface area contributed by atoms with E-state index in [0.717, 1.165) is 19.6 Å². The lowest BCUT2D eigenvalue weighted by Crippen LogP contribution is -2.46. The summed E-state index contributed by atoms with van der Waals surface area (Å²) in [7, 11) is 0. The van der Waals surface area contributed by atoms with Crippen LogP contribution in [0.2, 0.25) is 0 Å². The molecule has 0 amide bonds. The van der Waals surface area contributed by atoms with Crippen LogP contribution in [0.5, 0.6) is 0 Å². The van der Waals surface area contributed by atoms with E-state index in [4.69, 9.17) is 4.74 Å². The van der Waals surface area contributed by atoms with Crippen LogP contribution in [0.25, 0.3) is 0 Å². The second kappa shape index (κ2) is 9.30. The summed E-state index contributed by atoms with van der Waals surface area (Å²) in [6, 6.07) is 15.2. The largest absolute Gasteiger partial charge is 0.394 e. The number of hydrogen-bond donors (Lipinski definition) is 1. The Morgan fingerprint density at radius 3 is 2.41 bits per heavy atom. The molecule has 2 fully saturated rings. The highest BCUT2D eigenvalue weighted by Gasteiger charge is 2.33. The summed E-state index contributed by atoms with van der Waals surface area (Å²) in [6.45, 7) is 6.13. The van der Waals surface area contributed by atoms with E-state index < -0.39 is 0 Å². The van der Waals surface area contributed by atoms with Crippen molar-refractivity contribution in [3.05, 3.63) is 57.8 Å². The molecule has 1 aromatic heterocycles. The second-order valence-electron chi connectivity index (χ2n) is 7.62. The van der Waals surface area contributed by atoms with E-state index in [1.165, 1.54) is 47.7 Å². The van der Waals surface area contributed by atoms with Gasteiger partial charge >= 0.3 is 0 Å². The van der Waals surface area contributed by atoms with Gasteiger partial charge < -0.3 is 9.84 Å². The molecule has 2 atom stereocenters. The minimum absolute atomic E-state index is 0.0563. The molecule has 2 aromatic rings. The van der Waals surface area contributed by atoms with Gasteiger partial charge in [-0.1, -0.05) is 36.8 Å². The summed E-state index contributed by atoms with van der Waals surface area (Å²) in [4.78, 5) is 7.93. The third-order valence-corrected chi connectivity index (χ3v) is 6.74. The fourth-order valence-corrected chi connectivity index (χ4v) is 5.41. The van der Waals surface area contributed by atoms with E-state index in [1.807, 2.05) is 17.4 Å². The van der Waals surface area contributed by atoms with Gasteiger partial charge in [-0.3, -0.25) is 9.80 Å². The van der Waals surface area contributed by atoms with Crippen LogP contribution in [0.4, 0.5) is 0 Å². The van der Waals surface area contributed by atoms with Gasteiger partial charge in [-0.2, -0.15) is 0 Å². The van der Waals surface area contributed by atoms with E-state index in [1.54, 1.807) is 0 Å². The molecular formula is C22H30N2O2S. The number of aliphatic hydroxyl groups is 1. The van der Waals surface area contributed by atoms with Crippen LogP contribution in [0.15, 0.2) is 42.5 Å². The van der Waals surface area contributed by atoms with E-state index in [-0.39, 0.29) is 18.8 Å². The van der Waals surface area contributed by atoms with E-state index in [9.17, 15) is 5.11 Å². The molecule has 2 aliphatic heterocycles. The molecule has 5 heteroatoms. The maximum absolute atomic E-state index is 9.84. The number of benzene rings is 1. The molecule has 1 N–H and O–H groups in total. The van der Waals surface area contributed by atoms with Crippen molar-refractivity contribution in [3.63, 3.8) is 0 Å². The smallest absolute Gasteiger partial charge is 0.100 e. The topological polar surface area (TPSA) is 35.9 Å². The highest BCUT2D eigenvalue weighted by Crippen LogP contribution is 2.32. The van der Waals surface area contributed by atoms with Gasteiger partial charge in [0.2, 0.25) is 0 Å². The molecule has 1 aromatic carbocycles. The number of nitrogens with zero attached hydrogens (tertiary/aromatic N) is 2. The summed E-state index contributed by atoms with van der Waals surface area (Å²) in [5.74, 6) is 0. The Bertz CT molecular complexity index is 699. The lowest BCUT2D eigenvalue weighted by atomic mass is 9.98. The van der Waals surface area contributed by atoms with Gasteiger partial charge in [0.25, 0.3) is 0 Å². The summed E-state index contributed by atoms with van der Waals surface area (Å²) in [5, 5.41) is 9.84. The van der Waals surface area contributed by atoms with Crippen molar-refractivity contribution in [2.24, 2.45) is 0 Å². The van der Waals surface area contributed by atoms with Crippen molar-refractivity contribution < 1.29 is 9.84 Å². The van der Waals surface area contributed by atoms with Gasteiger partial charge in [-0.25, -0.2) is 0 Å². The highest BCUT2D eigenvalue weighted by atomic mass is 32.1. The van der Waals surface area contributed by atoms with Gasteiger partial charge in [0.1, 0.15) is 6.10 Å². The average Bonchev–Trinajstić information content (AvgIpc) is 3.16. The Kier molecular flexibility index (Phi) is 6.58. The quantitative estimate of drug-likeness (QED) is 0.822. The van der Waals surface area contributed by atoms with Gasteiger partial charge in [-0.15, -0.1) is 11.3 Å². The zero-order valence-electron chi connectivity index (χ0n) is 15.9. The molecule has 0 radical (unpaired) electrons. The fourth-order valence-electron chi connectivity index (χ4n) is 4.32. The van der Waals surface area contributed by atoms with Crippen LogP contribution < -0.4 is 0 Å². The molecule has 0 spiro atoms. The van der Waals surface area contributed by atoms with E-state index in [2.05, 4.69) is 46.2 Å². The second-order valence-corrected chi connectivity index (χ2v) is 8.88. The number of thiophene rings is 1. The van der Waals surface area contributed by atoms with Crippen molar-refractivity contribution in [1.29, 1.82) is 0 Å². The summed E-state index contributed by atoms with van der Waals surface area (Å²) in [6.07, 6.45) is 3.91. The van der Waals surface area contributed by atoms with Crippen molar-refractivity contribution in [2.45, 2.75) is 44.5 Å². The number of piperidine rings is 1. The van der Waals surface area contributed by atoms with Crippen LogP contribution in [0.3, 0.4) is 0 Å². The molecule has 4 rings (SSSR count). The summed E-state index contributed by atoms with van der Waals surface area (Å²) in [5.41, 5.74) is 1.22. The number of likely N-dealkylation sites (tertiary alicyclic amines) is 1. The van der Waals surface area contributed by atoms with Crippen LogP contribution in [0, 0.1) is 0 Å². The van der Waals surface area contributed by atoms with E-state index >= 15 is 0 Å². The number of morpholine rings is 1. The normalized spacial score (nSPS) is 24.9. The maximum atomic E-state index is 9.84. The Balaban J connectivity index is 1.45. The molecule has 0 unspecified atom stereocenters. The minimum Gasteiger partial charge on any atom is -0.394 e. The Morgan fingerprint density at radius 2 is 1.67 bits per heavy atom. The van der Waals surface area contributed by atoms with Crippen molar-refractivity contribution in [2.75, 3.05) is 32.8 Å². The van der Waals surface area contributed by atoms with Gasteiger partial charge in [0.15, 0.2) is 0 Å². The molecule has 4 nitrogen and oxygen atoms in total. The van der Waals surface area contributed by atoms with Crippen LogP contribution >= 0.6 is 11.3 Å². The fraction of sp³-hybridized carbons (Fsp3) is 0.545. The molecule has 2 saturated heterocycles. The number of ether oxygens (including phenoxy) is 1. The van der Waals surface area contributed by atoms with E-state index in [0.29, 0.717) is 6.61 Å². The lowest BCUT2D eigenvalue weighted by molar-refractivity contribution is -0.0957. The van der Waals surface area contributed by atoms with Crippen LogP contribution in [-0.2, 0) is 17.8 Å². The predicted molar refractivity (Wildman–Crippen MR) is 110 cm³/mol. The first-order chi connectivity index (χ1) is 13.3. The van der Waals surface area contributed by atoms with Crippen LogP contribution in [-0.4, -0.2) is 53.9 Å². The molecule has 0 saturated carbocycles. The molecular weight excluding hydrogens is 356 g/mol. The SMILES string of the molecule is OC[C@H]1OCCN(Cc2ccc(CN3CCCCC3)s2)[C@@H]1c1ccccc1. The van der Waals surface area contributed by atoms with Crippen molar-refractivity contribution >= 4 is 11.3 Å². The first-order valence-electron chi connectivity index (χ1n) is 10.1. The zero-order valence-corrected chi connectivity index (χ0v) is 16.7. The minimum atomic E-state index is -0.158. The lowest BCUT2D eigenvalue weighted by Gasteiger charge is -2.40. The van der Waals surface area contributed by atoms with Crippen molar-refractivity contribution in [1.82, 2.24) is 9.80 Å².